The molecule has 4 nitrogen and oxygen atoms in total. The fraction of sp³-hybridized carbons (Fsp3) is 0.286. The molecule has 0 saturated carbocycles. The maximum atomic E-state index is 11.1. The van der Waals surface area contributed by atoms with Gasteiger partial charge < -0.3 is 5.32 Å². The van der Waals surface area contributed by atoms with Crippen LogP contribution in [0.2, 0.25) is 4.34 Å². The maximum Gasteiger partial charge on any atom is 0.243 e. The van der Waals surface area contributed by atoms with E-state index < -0.39 is 5.92 Å². The molecule has 1 rings (SSSR count). The number of hydrogen-bond donors (Lipinski definition) is 1. The van der Waals surface area contributed by atoms with E-state index >= 15 is 0 Å². The van der Waals surface area contributed by atoms with Gasteiger partial charge in [0.15, 0.2) is 5.13 Å². The Kier molecular flexibility index (Phi) is 3.23. The van der Waals surface area contributed by atoms with Crippen LogP contribution in [0.15, 0.2) is 6.20 Å². The van der Waals surface area contributed by atoms with Gasteiger partial charge >= 0.3 is 0 Å². The Morgan fingerprint density at radius 3 is 3.08 bits per heavy atom. The van der Waals surface area contributed by atoms with Crippen LogP contribution in [0, 0.1) is 17.2 Å². The van der Waals surface area contributed by atoms with Crippen LogP contribution in [0.1, 0.15) is 6.92 Å². The molecule has 0 saturated heterocycles. The molecule has 1 amide bonds. The van der Waals surface area contributed by atoms with Gasteiger partial charge in [-0.15, -0.1) is 0 Å². The van der Waals surface area contributed by atoms with Crippen molar-refractivity contribution in [2.75, 3.05) is 5.32 Å². The van der Waals surface area contributed by atoms with Crippen LogP contribution in [0.25, 0.3) is 0 Å². The van der Waals surface area contributed by atoms with Crippen molar-refractivity contribution >= 4 is 34.0 Å². The molecule has 68 valence electrons. The van der Waals surface area contributed by atoms with Gasteiger partial charge in [-0.1, -0.05) is 22.9 Å². The second-order valence-electron chi connectivity index (χ2n) is 2.31. The van der Waals surface area contributed by atoms with Gasteiger partial charge in [-0.3, -0.25) is 4.79 Å². The quantitative estimate of drug-likeness (QED) is 0.820. The van der Waals surface area contributed by atoms with Crippen LogP contribution in [-0.4, -0.2) is 10.9 Å². The standard InChI is InChI=1S/C7H6ClN3OS/c1-4(2-9)6(12)11-7-10-3-5(8)13-7/h3-4H,1H3,(H,10,11,12). The van der Waals surface area contributed by atoms with E-state index in [9.17, 15) is 4.79 Å². The lowest BCUT2D eigenvalue weighted by Crippen LogP contribution is -2.18. The Morgan fingerprint density at radius 1 is 1.92 bits per heavy atom. The van der Waals surface area contributed by atoms with E-state index in [4.69, 9.17) is 16.9 Å². The van der Waals surface area contributed by atoms with Crippen molar-refractivity contribution < 1.29 is 4.79 Å². The van der Waals surface area contributed by atoms with E-state index in [0.29, 0.717) is 9.47 Å². The molecule has 0 aliphatic heterocycles. The van der Waals surface area contributed by atoms with Gasteiger partial charge in [0.1, 0.15) is 10.3 Å². The highest BCUT2D eigenvalue weighted by Crippen LogP contribution is 2.22. The number of carbonyl (C=O) groups is 1. The number of nitrogens with zero attached hydrogens (tertiary/aromatic N) is 2. The molecule has 13 heavy (non-hydrogen) atoms. The summed E-state index contributed by atoms with van der Waals surface area (Å²) < 4.78 is 0.500. The van der Waals surface area contributed by atoms with Crippen LogP contribution in [0.3, 0.4) is 0 Å². The summed E-state index contributed by atoms with van der Waals surface area (Å²) in [4.78, 5) is 15.0. The molecular weight excluding hydrogens is 210 g/mol. The first kappa shape index (κ1) is 9.96. The second kappa shape index (κ2) is 4.21. The van der Waals surface area contributed by atoms with E-state index in [0.717, 1.165) is 11.3 Å². The molecule has 1 atom stereocenters. The third-order valence-electron chi connectivity index (χ3n) is 1.29. The summed E-state index contributed by atoms with van der Waals surface area (Å²) in [5, 5.41) is 11.3. The zero-order valence-electron chi connectivity index (χ0n) is 6.74. The van der Waals surface area contributed by atoms with Gasteiger partial charge in [0.2, 0.25) is 5.91 Å². The van der Waals surface area contributed by atoms with Gasteiger partial charge in [0, 0.05) is 0 Å². The normalized spacial score (nSPS) is 11.8. The average molecular weight is 216 g/mol. The Hall–Kier alpha value is -1.12. The summed E-state index contributed by atoms with van der Waals surface area (Å²) in [5.41, 5.74) is 0. The fourth-order valence-electron chi connectivity index (χ4n) is 0.584. The second-order valence-corrected chi connectivity index (χ2v) is 3.97. The molecule has 1 heterocycles. The Morgan fingerprint density at radius 2 is 2.62 bits per heavy atom. The molecule has 0 aliphatic rings. The third kappa shape index (κ3) is 2.68. The van der Waals surface area contributed by atoms with Gasteiger partial charge in [0.25, 0.3) is 0 Å². The summed E-state index contributed by atoms with van der Waals surface area (Å²) in [5.74, 6) is -1.05. The van der Waals surface area contributed by atoms with Gasteiger partial charge in [0.05, 0.1) is 12.3 Å². The van der Waals surface area contributed by atoms with Crippen LogP contribution >= 0.6 is 22.9 Å². The van der Waals surface area contributed by atoms with Crippen molar-refractivity contribution in [3.63, 3.8) is 0 Å². The van der Waals surface area contributed by atoms with Gasteiger partial charge in [-0.25, -0.2) is 4.98 Å². The minimum atomic E-state index is -0.678. The monoisotopic (exact) mass is 215 g/mol. The lowest BCUT2D eigenvalue weighted by Gasteiger charge is -2.00. The molecular formula is C7H6ClN3OS. The van der Waals surface area contributed by atoms with E-state index in [1.807, 2.05) is 6.07 Å². The van der Waals surface area contributed by atoms with Crippen molar-refractivity contribution in [2.45, 2.75) is 6.92 Å². The van der Waals surface area contributed by atoms with Gasteiger partial charge in [-0.05, 0) is 6.92 Å². The highest BCUT2D eigenvalue weighted by molar-refractivity contribution is 7.19. The number of anilines is 1. The molecule has 6 heteroatoms. The predicted octanol–water partition coefficient (Wildman–Crippen LogP) is 1.89. The number of aromatic nitrogens is 1. The largest absolute Gasteiger partial charge is 0.301 e. The highest BCUT2D eigenvalue weighted by Gasteiger charge is 2.12. The number of halogens is 1. The number of nitrogens with one attached hydrogen (secondary N) is 1. The summed E-state index contributed by atoms with van der Waals surface area (Å²) >= 11 is 6.75. The summed E-state index contributed by atoms with van der Waals surface area (Å²) in [6, 6.07) is 1.82. The zero-order valence-corrected chi connectivity index (χ0v) is 8.32. The van der Waals surface area contributed by atoms with E-state index in [1.54, 1.807) is 0 Å². The molecule has 1 N–H and O–H groups in total. The first-order chi connectivity index (χ1) is 6.13. The van der Waals surface area contributed by atoms with E-state index in [1.165, 1.54) is 13.1 Å². The average Bonchev–Trinajstić information content (AvgIpc) is 2.49. The summed E-state index contributed by atoms with van der Waals surface area (Å²) in [7, 11) is 0. The lowest BCUT2D eigenvalue weighted by atomic mass is 10.2. The smallest absolute Gasteiger partial charge is 0.243 e. The van der Waals surface area contributed by atoms with Crippen molar-refractivity contribution in [2.24, 2.45) is 5.92 Å². The molecule has 0 bridgehead atoms. The SMILES string of the molecule is CC(C#N)C(=O)Nc1ncc(Cl)s1. The van der Waals surface area contributed by atoms with Crippen molar-refractivity contribution in [3.8, 4) is 6.07 Å². The minimum Gasteiger partial charge on any atom is -0.301 e. The molecule has 1 aromatic rings. The number of rotatable bonds is 2. The van der Waals surface area contributed by atoms with Crippen molar-refractivity contribution in [1.29, 1.82) is 5.26 Å². The number of amides is 1. The zero-order chi connectivity index (χ0) is 9.84. The number of hydrogen-bond acceptors (Lipinski definition) is 4. The Bertz CT molecular complexity index is 357. The topological polar surface area (TPSA) is 65.8 Å². The van der Waals surface area contributed by atoms with Crippen molar-refractivity contribution in [3.05, 3.63) is 10.5 Å². The number of thiazole rings is 1. The van der Waals surface area contributed by atoms with Gasteiger partial charge in [-0.2, -0.15) is 5.26 Å². The Balaban J connectivity index is 2.61. The van der Waals surface area contributed by atoms with Crippen LogP contribution in [0.4, 0.5) is 5.13 Å². The van der Waals surface area contributed by atoms with Crippen LogP contribution in [0.5, 0.6) is 0 Å². The third-order valence-corrected chi connectivity index (χ3v) is 2.32. The number of nitriles is 1. The molecule has 1 aromatic heterocycles. The van der Waals surface area contributed by atoms with E-state index in [-0.39, 0.29) is 5.91 Å². The molecule has 0 spiro atoms. The van der Waals surface area contributed by atoms with Crippen LogP contribution < -0.4 is 5.32 Å². The van der Waals surface area contributed by atoms with E-state index in [2.05, 4.69) is 10.3 Å². The minimum absolute atomic E-state index is 0.367. The summed E-state index contributed by atoms with van der Waals surface area (Å²) in [6.45, 7) is 1.52. The first-order valence-corrected chi connectivity index (χ1v) is 4.64. The predicted molar refractivity (Wildman–Crippen MR) is 50.5 cm³/mol. The fourth-order valence-corrected chi connectivity index (χ4v) is 1.40. The molecule has 0 radical (unpaired) electrons. The number of carbonyl (C=O) groups excluding carboxylic acids is 1. The van der Waals surface area contributed by atoms with Crippen molar-refractivity contribution in [1.82, 2.24) is 4.98 Å². The summed E-state index contributed by atoms with van der Waals surface area (Å²) in [6.07, 6.45) is 1.44. The molecule has 0 fully saturated rings. The maximum absolute atomic E-state index is 11.1. The van der Waals surface area contributed by atoms with Crippen LogP contribution in [-0.2, 0) is 4.79 Å². The Labute approximate surface area is 84.2 Å². The lowest BCUT2D eigenvalue weighted by molar-refractivity contribution is -0.117. The highest BCUT2D eigenvalue weighted by atomic mass is 35.5. The molecule has 0 aliphatic carbocycles. The molecule has 0 aromatic carbocycles. The molecule has 1 unspecified atom stereocenters. The first-order valence-electron chi connectivity index (χ1n) is 3.45.